The van der Waals surface area contributed by atoms with Crippen LogP contribution in [-0.4, -0.2) is 40.8 Å². The van der Waals surface area contributed by atoms with Crippen LogP contribution in [0.25, 0.3) is 0 Å². The molecule has 0 atom stereocenters. The Hall–Kier alpha value is -3.85. The van der Waals surface area contributed by atoms with Crippen molar-refractivity contribution in [3.05, 3.63) is 83.9 Å². The first kappa shape index (κ1) is 24.8. The van der Waals surface area contributed by atoms with Crippen LogP contribution in [0.1, 0.15) is 18.1 Å². The fraction of sp³-hybridized carbons (Fsp3) is 0.200. The van der Waals surface area contributed by atoms with Crippen LogP contribution >= 0.6 is 0 Å². The van der Waals surface area contributed by atoms with Gasteiger partial charge in [0.15, 0.2) is 0 Å². The van der Waals surface area contributed by atoms with Crippen LogP contribution in [0.5, 0.6) is 11.5 Å². The average molecular weight is 482 g/mol. The Kier molecular flexibility index (Phi) is 7.91. The Labute approximate surface area is 199 Å². The third kappa shape index (κ3) is 5.74. The molecule has 0 heterocycles. The number of carbonyl (C=O) groups excluding carboxylic acids is 1. The first-order chi connectivity index (χ1) is 16.3. The first-order valence-corrected chi connectivity index (χ1v) is 11.9. The molecule has 3 aromatic carbocycles. The Morgan fingerprint density at radius 1 is 0.941 bits per heavy atom. The minimum absolute atomic E-state index is 0.0646. The van der Waals surface area contributed by atoms with Crippen molar-refractivity contribution in [1.82, 2.24) is 5.43 Å². The van der Waals surface area contributed by atoms with Gasteiger partial charge in [0.1, 0.15) is 18.0 Å². The number of ether oxygens (including phenoxy) is 2. The Balaban J connectivity index is 1.89. The second-order valence-electron chi connectivity index (χ2n) is 7.46. The number of para-hydroxylation sites is 2. The summed E-state index contributed by atoms with van der Waals surface area (Å²) in [7, 11) is -1.05. The number of aryl methyl sites for hydroxylation is 1. The number of benzene rings is 3. The highest BCUT2D eigenvalue weighted by Gasteiger charge is 2.29. The van der Waals surface area contributed by atoms with Crippen molar-refractivity contribution >= 4 is 27.3 Å². The quantitative estimate of drug-likeness (QED) is 0.371. The molecule has 0 aliphatic rings. The smallest absolute Gasteiger partial charge is 0.264 e. The second kappa shape index (κ2) is 10.8. The van der Waals surface area contributed by atoms with Gasteiger partial charge in [-0.05, 0) is 67.9 Å². The summed E-state index contributed by atoms with van der Waals surface area (Å²) in [6.45, 7) is 3.12. The molecule has 8 nitrogen and oxygen atoms in total. The van der Waals surface area contributed by atoms with Crippen LogP contribution in [0.15, 0.2) is 82.8 Å². The van der Waals surface area contributed by atoms with Gasteiger partial charge in [-0.25, -0.2) is 13.8 Å². The molecule has 0 radical (unpaired) electrons. The van der Waals surface area contributed by atoms with Crippen molar-refractivity contribution in [3.63, 3.8) is 0 Å². The summed E-state index contributed by atoms with van der Waals surface area (Å²) in [5.74, 6) is 0.424. The number of anilines is 1. The summed E-state index contributed by atoms with van der Waals surface area (Å²) in [5.41, 5.74) is 4.96. The third-order valence-corrected chi connectivity index (χ3v) is 6.88. The van der Waals surface area contributed by atoms with E-state index in [1.165, 1.54) is 19.2 Å². The molecule has 0 aliphatic heterocycles. The predicted molar refractivity (Wildman–Crippen MR) is 132 cm³/mol. The zero-order valence-electron chi connectivity index (χ0n) is 19.5. The summed E-state index contributed by atoms with van der Waals surface area (Å²) in [6, 6.07) is 20.3. The number of nitrogens with zero attached hydrogens (tertiary/aromatic N) is 2. The summed E-state index contributed by atoms with van der Waals surface area (Å²) >= 11 is 0. The molecule has 178 valence electrons. The molecule has 34 heavy (non-hydrogen) atoms. The van der Waals surface area contributed by atoms with Crippen LogP contribution in [0.4, 0.5) is 5.69 Å². The van der Waals surface area contributed by atoms with E-state index in [4.69, 9.17) is 9.47 Å². The van der Waals surface area contributed by atoms with Crippen LogP contribution < -0.4 is 19.2 Å². The van der Waals surface area contributed by atoms with Gasteiger partial charge >= 0.3 is 0 Å². The van der Waals surface area contributed by atoms with Crippen LogP contribution in [0, 0.1) is 6.92 Å². The van der Waals surface area contributed by atoms with Gasteiger partial charge in [-0.3, -0.25) is 9.10 Å². The van der Waals surface area contributed by atoms with Crippen molar-refractivity contribution in [2.24, 2.45) is 5.10 Å². The van der Waals surface area contributed by atoms with Gasteiger partial charge in [-0.1, -0.05) is 29.8 Å². The SMILES string of the molecule is COc1ccc(/C(C)=N\NC(=O)CN(c2ccccc2OC)S(=O)(=O)c2ccc(C)cc2)cc1. The average Bonchev–Trinajstić information content (AvgIpc) is 2.86. The maximum atomic E-state index is 13.5. The number of hydrazone groups is 1. The molecule has 3 rings (SSSR count). The van der Waals surface area contributed by atoms with Gasteiger partial charge in [0.05, 0.1) is 30.5 Å². The van der Waals surface area contributed by atoms with Gasteiger partial charge < -0.3 is 9.47 Å². The van der Waals surface area contributed by atoms with E-state index in [9.17, 15) is 13.2 Å². The van der Waals surface area contributed by atoms with Gasteiger partial charge in [0.25, 0.3) is 15.9 Å². The number of nitrogens with one attached hydrogen (secondary N) is 1. The molecular weight excluding hydrogens is 454 g/mol. The van der Waals surface area contributed by atoms with Gasteiger partial charge in [-0.15, -0.1) is 0 Å². The van der Waals surface area contributed by atoms with Crippen molar-refractivity contribution in [2.45, 2.75) is 18.7 Å². The first-order valence-electron chi connectivity index (χ1n) is 10.5. The molecule has 0 aromatic heterocycles. The number of hydrogen-bond donors (Lipinski definition) is 1. The molecule has 0 unspecified atom stereocenters. The zero-order valence-corrected chi connectivity index (χ0v) is 20.3. The monoisotopic (exact) mass is 481 g/mol. The molecule has 9 heteroatoms. The minimum atomic E-state index is -4.07. The lowest BCUT2D eigenvalue weighted by Crippen LogP contribution is -2.40. The van der Waals surface area contributed by atoms with Gasteiger partial charge in [0, 0.05) is 0 Å². The van der Waals surface area contributed by atoms with Gasteiger partial charge in [0.2, 0.25) is 0 Å². The van der Waals surface area contributed by atoms with Crippen LogP contribution in [0.2, 0.25) is 0 Å². The molecule has 1 amide bonds. The molecule has 1 N–H and O–H groups in total. The topological polar surface area (TPSA) is 97.3 Å². The van der Waals surface area contributed by atoms with Crippen LogP contribution in [-0.2, 0) is 14.8 Å². The number of sulfonamides is 1. The number of amides is 1. The minimum Gasteiger partial charge on any atom is -0.497 e. The van der Waals surface area contributed by atoms with E-state index in [0.29, 0.717) is 17.2 Å². The normalized spacial score (nSPS) is 11.6. The molecule has 0 spiro atoms. The maximum absolute atomic E-state index is 13.5. The predicted octanol–water partition coefficient (Wildman–Crippen LogP) is 3.75. The van der Waals surface area contributed by atoms with E-state index in [-0.39, 0.29) is 10.6 Å². The van der Waals surface area contributed by atoms with Gasteiger partial charge in [-0.2, -0.15) is 5.10 Å². The summed E-state index contributed by atoms with van der Waals surface area (Å²) in [4.78, 5) is 12.9. The van der Waals surface area contributed by atoms with Crippen molar-refractivity contribution in [1.29, 1.82) is 0 Å². The molecule has 0 fully saturated rings. The number of methoxy groups -OCH3 is 2. The van der Waals surface area contributed by atoms with E-state index in [0.717, 1.165) is 15.4 Å². The number of hydrogen-bond acceptors (Lipinski definition) is 6. The fourth-order valence-electron chi connectivity index (χ4n) is 3.18. The molecule has 0 bridgehead atoms. The van der Waals surface area contributed by atoms with E-state index < -0.39 is 22.5 Å². The molecular formula is C25H27N3O5S. The Bertz CT molecular complexity index is 1270. The maximum Gasteiger partial charge on any atom is 0.264 e. The van der Waals surface area contributed by atoms with Crippen molar-refractivity contribution in [2.75, 3.05) is 25.1 Å². The lowest BCUT2D eigenvalue weighted by molar-refractivity contribution is -0.119. The van der Waals surface area contributed by atoms with Crippen molar-refractivity contribution < 1.29 is 22.7 Å². The number of rotatable bonds is 9. The Morgan fingerprint density at radius 3 is 2.21 bits per heavy atom. The van der Waals surface area contributed by atoms with Crippen molar-refractivity contribution in [3.8, 4) is 11.5 Å². The van der Waals surface area contributed by atoms with E-state index in [2.05, 4.69) is 10.5 Å². The molecule has 0 aliphatic carbocycles. The highest BCUT2D eigenvalue weighted by Crippen LogP contribution is 2.32. The fourth-order valence-corrected chi connectivity index (χ4v) is 4.61. The summed E-state index contributed by atoms with van der Waals surface area (Å²) in [5, 5.41) is 4.13. The molecule has 0 saturated heterocycles. The lowest BCUT2D eigenvalue weighted by Gasteiger charge is -2.25. The second-order valence-corrected chi connectivity index (χ2v) is 9.32. The summed E-state index contributed by atoms with van der Waals surface area (Å²) in [6.07, 6.45) is 0. The molecule has 3 aromatic rings. The van der Waals surface area contributed by atoms with Crippen LogP contribution in [0.3, 0.4) is 0 Å². The highest BCUT2D eigenvalue weighted by atomic mass is 32.2. The largest absolute Gasteiger partial charge is 0.497 e. The standard InChI is InChI=1S/C25H27N3O5S/c1-18-9-15-22(16-10-18)34(30,31)28(23-7-5-6-8-24(23)33-4)17-25(29)27-26-19(2)20-11-13-21(32-3)14-12-20/h5-16H,17H2,1-4H3,(H,27,29)/b26-19-. The van der Waals surface area contributed by atoms with E-state index in [1.54, 1.807) is 62.6 Å². The highest BCUT2D eigenvalue weighted by molar-refractivity contribution is 7.92. The van der Waals surface area contributed by atoms with E-state index >= 15 is 0 Å². The zero-order chi connectivity index (χ0) is 24.7. The lowest BCUT2D eigenvalue weighted by atomic mass is 10.1. The molecule has 0 saturated carbocycles. The third-order valence-electron chi connectivity index (χ3n) is 5.11. The van der Waals surface area contributed by atoms with E-state index in [1.807, 2.05) is 19.1 Å². The number of carbonyl (C=O) groups is 1. The Morgan fingerprint density at radius 2 is 1.59 bits per heavy atom. The summed E-state index contributed by atoms with van der Waals surface area (Å²) < 4.78 is 38.5.